The van der Waals surface area contributed by atoms with E-state index >= 15 is 0 Å². The van der Waals surface area contributed by atoms with E-state index in [1.54, 1.807) is 7.11 Å². The van der Waals surface area contributed by atoms with E-state index in [2.05, 4.69) is 41.4 Å². The summed E-state index contributed by atoms with van der Waals surface area (Å²) in [6.45, 7) is 6.34. The van der Waals surface area contributed by atoms with Crippen molar-refractivity contribution in [3.05, 3.63) is 24.3 Å². The van der Waals surface area contributed by atoms with Crippen LogP contribution in [0.4, 0.5) is 11.4 Å². The van der Waals surface area contributed by atoms with Crippen molar-refractivity contribution in [2.45, 2.75) is 19.8 Å². The Bertz CT molecular complexity index is 361. The maximum absolute atomic E-state index is 5.17. The maximum Gasteiger partial charge on any atom is 0.0602 e. The molecule has 1 aromatic carbocycles. The smallest absolute Gasteiger partial charge is 0.0602 e. The fraction of sp³-hybridized carbons (Fsp3) is 0.600. The second kappa shape index (κ2) is 6.64. The lowest BCUT2D eigenvalue weighted by Crippen LogP contribution is -2.21. The van der Waals surface area contributed by atoms with Crippen LogP contribution in [0.15, 0.2) is 24.3 Å². The largest absolute Gasteiger partial charge is 0.384 e. The van der Waals surface area contributed by atoms with Gasteiger partial charge in [-0.3, -0.25) is 0 Å². The van der Waals surface area contributed by atoms with E-state index in [0.717, 1.165) is 13.2 Å². The molecule has 0 bridgehead atoms. The fourth-order valence-electron chi connectivity index (χ4n) is 2.48. The van der Waals surface area contributed by atoms with Crippen LogP contribution >= 0.6 is 0 Å². The summed E-state index contributed by atoms with van der Waals surface area (Å²) in [6.07, 6.45) is 2.63. The van der Waals surface area contributed by atoms with Crippen LogP contribution in [0.3, 0.4) is 0 Å². The summed E-state index contributed by atoms with van der Waals surface area (Å²) in [7, 11) is 1.76. The SMILES string of the molecule is COCC(C)CNc1ccccc1N1CCCC1. The van der Waals surface area contributed by atoms with Gasteiger partial charge in [-0.25, -0.2) is 0 Å². The normalized spacial score (nSPS) is 16.9. The summed E-state index contributed by atoms with van der Waals surface area (Å²) in [5.41, 5.74) is 2.60. The van der Waals surface area contributed by atoms with Gasteiger partial charge in [0, 0.05) is 26.7 Å². The topological polar surface area (TPSA) is 24.5 Å². The number of nitrogens with one attached hydrogen (secondary N) is 1. The number of hydrogen-bond acceptors (Lipinski definition) is 3. The number of rotatable bonds is 6. The molecule has 1 fully saturated rings. The molecule has 3 heteroatoms. The third kappa shape index (κ3) is 3.39. The number of nitrogens with zero attached hydrogens (tertiary/aromatic N) is 1. The summed E-state index contributed by atoms with van der Waals surface area (Å²) in [5.74, 6) is 0.529. The van der Waals surface area contributed by atoms with Gasteiger partial charge >= 0.3 is 0 Å². The zero-order valence-electron chi connectivity index (χ0n) is 11.5. The molecule has 3 nitrogen and oxygen atoms in total. The standard InChI is InChI=1S/C15H24N2O/c1-13(12-18-2)11-16-14-7-3-4-8-15(14)17-9-5-6-10-17/h3-4,7-8,13,16H,5-6,9-12H2,1-2H3. The van der Waals surface area contributed by atoms with Crippen molar-refractivity contribution in [1.82, 2.24) is 0 Å². The van der Waals surface area contributed by atoms with Crippen LogP contribution in [0.1, 0.15) is 19.8 Å². The van der Waals surface area contributed by atoms with Crippen molar-refractivity contribution in [2.75, 3.05) is 43.6 Å². The molecule has 100 valence electrons. The highest BCUT2D eigenvalue weighted by molar-refractivity contribution is 5.70. The number of para-hydroxylation sites is 2. The molecule has 1 unspecified atom stereocenters. The second-order valence-electron chi connectivity index (χ2n) is 5.15. The molecule has 0 aliphatic carbocycles. The molecule has 1 saturated heterocycles. The van der Waals surface area contributed by atoms with Gasteiger partial charge in [-0.15, -0.1) is 0 Å². The van der Waals surface area contributed by atoms with E-state index in [-0.39, 0.29) is 0 Å². The lowest BCUT2D eigenvalue weighted by atomic mass is 10.2. The van der Waals surface area contributed by atoms with Crippen LogP contribution in [-0.4, -0.2) is 33.4 Å². The molecular formula is C15H24N2O. The van der Waals surface area contributed by atoms with Crippen LogP contribution in [0.25, 0.3) is 0 Å². The first-order chi connectivity index (χ1) is 8.81. The van der Waals surface area contributed by atoms with Crippen LogP contribution in [0.5, 0.6) is 0 Å². The molecule has 0 saturated carbocycles. The minimum Gasteiger partial charge on any atom is -0.384 e. The van der Waals surface area contributed by atoms with E-state index in [4.69, 9.17) is 4.74 Å². The van der Waals surface area contributed by atoms with Crippen molar-refractivity contribution >= 4 is 11.4 Å². The number of hydrogen-bond donors (Lipinski definition) is 1. The van der Waals surface area contributed by atoms with E-state index in [0.29, 0.717) is 5.92 Å². The van der Waals surface area contributed by atoms with Gasteiger partial charge < -0.3 is 15.0 Å². The Morgan fingerprint density at radius 3 is 2.72 bits per heavy atom. The van der Waals surface area contributed by atoms with E-state index in [1.165, 1.54) is 37.3 Å². The number of ether oxygens (including phenoxy) is 1. The van der Waals surface area contributed by atoms with Gasteiger partial charge in [0.25, 0.3) is 0 Å². The second-order valence-corrected chi connectivity index (χ2v) is 5.15. The van der Waals surface area contributed by atoms with Gasteiger partial charge in [-0.2, -0.15) is 0 Å². The van der Waals surface area contributed by atoms with Crippen LogP contribution in [-0.2, 0) is 4.74 Å². The number of anilines is 2. The zero-order valence-corrected chi connectivity index (χ0v) is 11.5. The van der Waals surface area contributed by atoms with Crippen molar-refractivity contribution in [3.63, 3.8) is 0 Å². The summed E-state index contributed by atoms with van der Waals surface area (Å²) < 4.78 is 5.17. The Hall–Kier alpha value is -1.22. The average molecular weight is 248 g/mol. The van der Waals surface area contributed by atoms with E-state index in [1.807, 2.05) is 0 Å². The van der Waals surface area contributed by atoms with Crippen molar-refractivity contribution in [3.8, 4) is 0 Å². The lowest BCUT2D eigenvalue weighted by molar-refractivity contribution is 0.164. The summed E-state index contributed by atoms with van der Waals surface area (Å²) in [6, 6.07) is 8.61. The van der Waals surface area contributed by atoms with E-state index < -0.39 is 0 Å². The predicted molar refractivity (Wildman–Crippen MR) is 77.4 cm³/mol. The predicted octanol–water partition coefficient (Wildman–Crippen LogP) is 2.98. The minimum atomic E-state index is 0.529. The van der Waals surface area contributed by atoms with Crippen molar-refractivity contribution < 1.29 is 4.74 Å². The average Bonchev–Trinajstić information content (AvgIpc) is 2.91. The molecule has 2 rings (SSSR count). The summed E-state index contributed by atoms with van der Waals surface area (Å²) in [5, 5.41) is 3.55. The molecule has 1 aromatic rings. The molecule has 18 heavy (non-hydrogen) atoms. The molecule has 0 spiro atoms. The third-order valence-corrected chi connectivity index (χ3v) is 3.44. The van der Waals surface area contributed by atoms with Crippen molar-refractivity contribution in [2.24, 2.45) is 5.92 Å². The monoisotopic (exact) mass is 248 g/mol. The number of methoxy groups -OCH3 is 1. The molecule has 0 amide bonds. The Morgan fingerprint density at radius 2 is 2.00 bits per heavy atom. The molecule has 1 atom stereocenters. The zero-order chi connectivity index (χ0) is 12.8. The quantitative estimate of drug-likeness (QED) is 0.837. The first-order valence-corrected chi connectivity index (χ1v) is 6.88. The van der Waals surface area contributed by atoms with Gasteiger partial charge in [-0.1, -0.05) is 19.1 Å². The van der Waals surface area contributed by atoms with E-state index in [9.17, 15) is 0 Å². The van der Waals surface area contributed by atoms with Gasteiger partial charge in [-0.05, 0) is 30.9 Å². The third-order valence-electron chi connectivity index (χ3n) is 3.44. The van der Waals surface area contributed by atoms with Crippen LogP contribution in [0.2, 0.25) is 0 Å². The Labute approximate surface area is 110 Å². The van der Waals surface area contributed by atoms with Gasteiger partial charge in [0.2, 0.25) is 0 Å². The Morgan fingerprint density at radius 1 is 1.28 bits per heavy atom. The fourth-order valence-corrected chi connectivity index (χ4v) is 2.48. The Balaban J connectivity index is 1.98. The van der Waals surface area contributed by atoms with Gasteiger partial charge in [0.1, 0.15) is 0 Å². The molecule has 0 radical (unpaired) electrons. The molecule has 0 aromatic heterocycles. The first kappa shape index (κ1) is 13.2. The Kier molecular flexibility index (Phi) is 4.88. The molecular weight excluding hydrogens is 224 g/mol. The van der Waals surface area contributed by atoms with Crippen molar-refractivity contribution in [1.29, 1.82) is 0 Å². The first-order valence-electron chi connectivity index (χ1n) is 6.88. The highest BCUT2D eigenvalue weighted by atomic mass is 16.5. The highest BCUT2D eigenvalue weighted by Gasteiger charge is 2.15. The summed E-state index contributed by atoms with van der Waals surface area (Å²) >= 11 is 0. The van der Waals surface area contributed by atoms with Crippen LogP contribution in [0, 0.1) is 5.92 Å². The molecule has 1 heterocycles. The number of benzene rings is 1. The van der Waals surface area contributed by atoms with Gasteiger partial charge in [0.05, 0.1) is 18.0 Å². The molecule has 1 aliphatic heterocycles. The molecule has 1 aliphatic rings. The molecule has 1 N–H and O–H groups in total. The maximum atomic E-state index is 5.17. The highest BCUT2D eigenvalue weighted by Crippen LogP contribution is 2.28. The summed E-state index contributed by atoms with van der Waals surface area (Å²) in [4.78, 5) is 2.48. The van der Waals surface area contributed by atoms with Crippen LogP contribution < -0.4 is 10.2 Å². The lowest BCUT2D eigenvalue weighted by Gasteiger charge is -2.23. The van der Waals surface area contributed by atoms with Gasteiger partial charge in [0.15, 0.2) is 0 Å². The minimum absolute atomic E-state index is 0.529.